The van der Waals surface area contributed by atoms with Crippen LogP contribution in [0.25, 0.3) is 32.9 Å². The molecule has 5 rings (SSSR count). The molecule has 30 heavy (non-hydrogen) atoms. The first-order chi connectivity index (χ1) is 14.7. The Labute approximate surface area is 173 Å². The molecule has 0 unspecified atom stereocenters. The van der Waals surface area contributed by atoms with Gasteiger partial charge >= 0.3 is 0 Å². The second kappa shape index (κ2) is 7.12. The number of carbonyl (C=O) groups excluding carboxylic acids is 2. The molecule has 0 atom stereocenters. The van der Waals surface area contributed by atoms with Crippen LogP contribution in [0, 0.1) is 0 Å². The SMILES string of the molecule is Cn1c(-c2cncc(Cn3cc4ccccc4c3C(=O)C=O)c2)cc2ccccc21. The lowest BCUT2D eigenvalue weighted by molar-refractivity contribution is -0.104. The van der Waals surface area contributed by atoms with Crippen molar-refractivity contribution in [2.75, 3.05) is 0 Å². The highest BCUT2D eigenvalue weighted by atomic mass is 16.2. The maximum absolute atomic E-state index is 12.3. The quantitative estimate of drug-likeness (QED) is 0.249. The molecule has 2 aromatic carbocycles. The number of benzene rings is 2. The van der Waals surface area contributed by atoms with Crippen LogP contribution in [-0.2, 0) is 18.4 Å². The van der Waals surface area contributed by atoms with E-state index in [2.05, 4.69) is 33.8 Å². The highest BCUT2D eigenvalue weighted by Crippen LogP contribution is 2.28. The third-order valence-corrected chi connectivity index (χ3v) is 5.53. The van der Waals surface area contributed by atoms with Crippen LogP contribution in [0.15, 0.2) is 79.3 Å². The molecule has 5 nitrogen and oxygen atoms in total. The Balaban J connectivity index is 1.58. The molecule has 5 aromatic rings. The molecular weight excluding hydrogens is 374 g/mol. The number of hydrogen-bond acceptors (Lipinski definition) is 3. The van der Waals surface area contributed by atoms with Gasteiger partial charge in [-0.1, -0.05) is 42.5 Å². The molecule has 0 amide bonds. The minimum atomic E-state index is -0.519. The number of aryl methyl sites for hydroxylation is 1. The number of aromatic nitrogens is 3. The Morgan fingerprint density at radius 3 is 2.57 bits per heavy atom. The van der Waals surface area contributed by atoms with Crippen molar-refractivity contribution < 1.29 is 9.59 Å². The number of aldehydes is 1. The summed E-state index contributed by atoms with van der Waals surface area (Å²) in [5.41, 5.74) is 4.61. The summed E-state index contributed by atoms with van der Waals surface area (Å²) in [6.07, 6.45) is 5.94. The predicted molar refractivity (Wildman–Crippen MR) is 118 cm³/mol. The molecule has 0 spiro atoms. The first-order valence-electron chi connectivity index (χ1n) is 9.72. The van der Waals surface area contributed by atoms with Gasteiger partial charge in [0.1, 0.15) is 5.69 Å². The fourth-order valence-electron chi connectivity index (χ4n) is 4.14. The summed E-state index contributed by atoms with van der Waals surface area (Å²) in [6, 6.07) is 20.1. The van der Waals surface area contributed by atoms with E-state index >= 15 is 0 Å². The Morgan fingerprint density at radius 1 is 1.00 bits per heavy atom. The van der Waals surface area contributed by atoms with Gasteiger partial charge in [0.2, 0.25) is 5.78 Å². The normalized spacial score (nSPS) is 11.2. The van der Waals surface area contributed by atoms with E-state index < -0.39 is 5.78 Å². The molecule has 0 N–H and O–H groups in total. The van der Waals surface area contributed by atoms with E-state index in [0.717, 1.165) is 33.1 Å². The van der Waals surface area contributed by atoms with E-state index in [-0.39, 0.29) is 0 Å². The molecule has 3 heterocycles. The van der Waals surface area contributed by atoms with Gasteiger partial charge in [0, 0.05) is 59.4 Å². The van der Waals surface area contributed by atoms with E-state index in [1.54, 1.807) is 6.20 Å². The largest absolute Gasteiger partial charge is 0.344 e. The summed E-state index contributed by atoms with van der Waals surface area (Å²) >= 11 is 0. The van der Waals surface area contributed by atoms with Crippen molar-refractivity contribution in [2.45, 2.75) is 6.54 Å². The molecule has 0 aliphatic heterocycles. The lowest BCUT2D eigenvalue weighted by atomic mass is 10.1. The monoisotopic (exact) mass is 393 g/mol. The number of Topliss-reactive ketones (excluding diaryl/α,β-unsaturated/α-hetero) is 1. The highest BCUT2D eigenvalue weighted by molar-refractivity contribution is 6.35. The van der Waals surface area contributed by atoms with Crippen molar-refractivity contribution in [2.24, 2.45) is 7.05 Å². The second-order valence-corrected chi connectivity index (χ2v) is 7.40. The van der Waals surface area contributed by atoms with Crippen LogP contribution in [-0.4, -0.2) is 26.2 Å². The van der Waals surface area contributed by atoms with Gasteiger partial charge in [0.25, 0.3) is 0 Å². The van der Waals surface area contributed by atoms with Gasteiger partial charge in [-0.15, -0.1) is 0 Å². The van der Waals surface area contributed by atoms with Crippen LogP contribution in [0.2, 0.25) is 0 Å². The van der Waals surface area contributed by atoms with Crippen molar-refractivity contribution in [3.05, 3.63) is 90.5 Å². The number of carbonyl (C=O) groups is 2. The Hall–Kier alpha value is -3.99. The number of para-hydroxylation sites is 1. The average molecular weight is 393 g/mol. The molecule has 0 fully saturated rings. The fourth-order valence-corrected chi connectivity index (χ4v) is 4.14. The summed E-state index contributed by atoms with van der Waals surface area (Å²) in [5.74, 6) is -0.519. The third-order valence-electron chi connectivity index (χ3n) is 5.53. The first kappa shape index (κ1) is 18.1. The molecule has 0 aliphatic carbocycles. The number of nitrogens with zero attached hydrogens (tertiary/aromatic N) is 3. The molecular formula is C25H19N3O2. The Morgan fingerprint density at radius 2 is 1.77 bits per heavy atom. The smallest absolute Gasteiger partial charge is 0.242 e. The Bertz CT molecular complexity index is 1430. The van der Waals surface area contributed by atoms with Gasteiger partial charge in [-0.05, 0) is 23.8 Å². The van der Waals surface area contributed by atoms with Crippen molar-refractivity contribution in [3.63, 3.8) is 0 Å². The number of ketones is 1. The van der Waals surface area contributed by atoms with E-state index in [9.17, 15) is 9.59 Å². The van der Waals surface area contributed by atoms with E-state index in [0.29, 0.717) is 18.5 Å². The summed E-state index contributed by atoms with van der Waals surface area (Å²) < 4.78 is 3.99. The number of pyridine rings is 1. The maximum Gasteiger partial charge on any atom is 0.242 e. The van der Waals surface area contributed by atoms with Crippen molar-refractivity contribution in [3.8, 4) is 11.3 Å². The highest BCUT2D eigenvalue weighted by Gasteiger charge is 2.17. The Kier molecular flexibility index (Phi) is 4.29. The first-order valence-corrected chi connectivity index (χ1v) is 9.72. The van der Waals surface area contributed by atoms with Crippen molar-refractivity contribution in [1.82, 2.24) is 14.1 Å². The van der Waals surface area contributed by atoms with Gasteiger partial charge in [0.15, 0.2) is 6.29 Å². The molecule has 0 aliphatic rings. The van der Waals surface area contributed by atoms with Crippen LogP contribution in [0.3, 0.4) is 0 Å². The van der Waals surface area contributed by atoms with Crippen molar-refractivity contribution >= 4 is 33.7 Å². The molecule has 146 valence electrons. The van der Waals surface area contributed by atoms with Crippen LogP contribution in [0.1, 0.15) is 16.1 Å². The van der Waals surface area contributed by atoms with Gasteiger partial charge in [-0.25, -0.2) is 0 Å². The van der Waals surface area contributed by atoms with Gasteiger partial charge < -0.3 is 9.13 Å². The number of rotatable bonds is 5. The van der Waals surface area contributed by atoms with Crippen LogP contribution < -0.4 is 0 Å². The minimum Gasteiger partial charge on any atom is -0.344 e. The minimum absolute atomic E-state index is 0.377. The van der Waals surface area contributed by atoms with Gasteiger partial charge in [-0.3, -0.25) is 14.6 Å². The average Bonchev–Trinajstić information content (AvgIpc) is 3.31. The number of hydrogen-bond donors (Lipinski definition) is 0. The van der Waals surface area contributed by atoms with Crippen molar-refractivity contribution in [1.29, 1.82) is 0 Å². The fraction of sp³-hybridized carbons (Fsp3) is 0.0800. The predicted octanol–water partition coefficient (Wildman–Crippen LogP) is 4.62. The standard InChI is InChI=1S/C25H19N3O2/c1-27-22-9-5-3-6-18(22)11-23(27)20-10-17(12-26-13-20)14-28-15-19-7-2-4-8-21(19)25(28)24(30)16-29/h2-13,15-16H,14H2,1H3. The zero-order valence-corrected chi connectivity index (χ0v) is 16.4. The molecule has 5 heteroatoms. The van der Waals surface area contributed by atoms with Crippen LogP contribution in [0.4, 0.5) is 0 Å². The van der Waals surface area contributed by atoms with E-state index in [4.69, 9.17) is 0 Å². The van der Waals surface area contributed by atoms with E-state index in [1.807, 2.05) is 60.4 Å². The molecule has 0 saturated heterocycles. The van der Waals surface area contributed by atoms with E-state index in [1.165, 1.54) is 5.39 Å². The topological polar surface area (TPSA) is 56.9 Å². The molecule has 3 aromatic heterocycles. The zero-order valence-electron chi connectivity index (χ0n) is 16.4. The molecule has 0 saturated carbocycles. The summed E-state index contributed by atoms with van der Waals surface area (Å²) in [5, 5.41) is 2.89. The summed E-state index contributed by atoms with van der Waals surface area (Å²) in [6.45, 7) is 0.453. The molecule has 0 bridgehead atoms. The summed E-state index contributed by atoms with van der Waals surface area (Å²) in [7, 11) is 2.05. The summed E-state index contributed by atoms with van der Waals surface area (Å²) in [4.78, 5) is 28.0. The lowest BCUT2D eigenvalue weighted by Gasteiger charge is -2.09. The zero-order chi connectivity index (χ0) is 20.7. The number of fused-ring (bicyclic) bond motifs is 2. The van der Waals surface area contributed by atoms with Crippen LogP contribution >= 0.6 is 0 Å². The maximum atomic E-state index is 12.3. The van der Waals surface area contributed by atoms with Crippen LogP contribution in [0.5, 0.6) is 0 Å². The van der Waals surface area contributed by atoms with Gasteiger partial charge in [0.05, 0.1) is 5.69 Å². The molecule has 0 radical (unpaired) electrons. The lowest BCUT2D eigenvalue weighted by Crippen LogP contribution is -2.11. The third kappa shape index (κ3) is 2.92. The second-order valence-electron chi connectivity index (χ2n) is 7.40. The van der Waals surface area contributed by atoms with Gasteiger partial charge in [-0.2, -0.15) is 0 Å².